The molecule has 0 radical (unpaired) electrons. The van der Waals surface area contributed by atoms with Gasteiger partial charge in [-0.15, -0.1) is 0 Å². The van der Waals surface area contributed by atoms with Crippen molar-refractivity contribution in [2.45, 2.75) is 19.8 Å². The molecule has 0 saturated carbocycles. The predicted octanol–water partition coefficient (Wildman–Crippen LogP) is 1.37. The number of ketones is 1. The second-order valence-electron chi connectivity index (χ2n) is 4.92. The summed E-state index contributed by atoms with van der Waals surface area (Å²) in [5.41, 5.74) is 1.23. The Labute approximate surface area is 137 Å². The summed E-state index contributed by atoms with van der Waals surface area (Å²) in [6.07, 6.45) is 0.685. The van der Waals surface area contributed by atoms with E-state index >= 15 is 0 Å². The largest absolute Gasteiger partial charge is 0.497 e. The molecule has 1 rings (SSSR count). The van der Waals surface area contributed by atoms with Crippen molar-refractivity contribution in [3.63, 3.8) is 0 Å². The van der Waals surface area contributed by atoms with Crippen molar-refractivity contribution >= 4 is 11.8 Å². The molecule has 0 unspecified atom stereocenters. The number of rotatable bonds is 12. The molecule has 0 heterocycles. The minimum Gasteiger partial charge on any atom is -0.497 e. The van der Waals surface area contributed by atoms with E-state index in [1.54, 1.807) is 14.0 Å². The quantitative estimate of drug-likeness (QED) is 0.356. The van der Waals surface area contributed by atoms with Crippen molar-refractivity contribution < 1.29 is 23.8 Å². The van der Waals surface area contributed by atoms with Crippen LogP contribution >= 0.6 is 0 Å². The van der Waals surface area contributed by atoms with Crippen molar-refractivity contribution in [1.82, 2.24) is 5.32 Å². The number of methoxy groups -OCH3 is 1. The summed E-state index contributed by atoms with van der Waals surface area (Å²) in [6.45, 7) is 3.84. The molecule has 0 saturated heterocycles. The molecule has 0 atom stereocenters. The van der Waals surface area contributed by atoms with Gasteiger partial charge in [0.25, 0.3) is 0 Å². The SMILES string of the molecule is CCOC(=O)CC(=O)COCCNCCc1ccc(OC)cc1. The molecule has 0 spiro atoms. The van der Waals surface area contributed by atoms with E-state index in [2.05, 4.69) is 5.32 Å². The van der Waals surface area contributed by atoms with E-state index in [0.717, 1.165) is 18.7 Å². The number of carbonyl (C=O) groups excluding carboxylic acids is 2. The van der Waals surface area contributed by atoms with Gasteiger partial charge in [-0.05, 0) is 37.6 Å². The van der Waals surface area contributed by atoms with Gasteiger partial charge in [-0.25, -0.2) is 0 Å². The summed E-state index contributed by atoms with van der Waals surface area (Å²) < 4.78 is 15.0. The predicted molar refractivity (Wildman–Crippen MR) is 86.6 cm³/mol. The van der Waals surface area contributed by atoms with Gasteiger partial charge in [0, 0.05) is 6.54 Å². The highest BCUT2D eigenvalue weighted by Gasteiger charge is 2.09. The highest BCUT2D eigenvalue weighted by Crippen LogP contribution is 2.11. The van der Waals surface area contributed by atoms with E-state index < -0.39 is 5.97 Å². The third-order valence-electron chi connectivity index (χ3n) is 3.08. The fraction of sp³-hybridized carbons (Fsp3) is 0.529. The number of carbonyl (C=O) groups is 2. The van der Waals surface area contributed by atoms with E-state index in [4.69, 9.17) is 14.2 Å². The van der Waals surface area contributed by atoms with Crippen LogP contribution in [-0.2, 0) is 25.5 Å². The number of esters is 1. The monoisotopic (exact) mass is 323 g/mol. The average Bonchev–Trinajstić information content (AvgIpc) is 2.54. The van der Waals surface area contributed by atoms with Crippen molar-refractivity contribution in [3.05, 3.63) is 29.8 Å². The molecule has 23 heavy (non-hydrogen) atoms. The molecule has 0 aliphatic heterocycles. The summed E-state index contributed by atoms with van der Waals surface area (Å²) >= 11 is 0. The van der Waals surface area contributed by atoms with Gasteiger partial charge in [0.05, 0.1) is 20.3 Å². The van der Waals surface area contributed by atoms with E-state index in [0.29, 0.717) is 13.2 Å². The lowest BCUT2D eigenvalue weighted by atomic mass is 10.1. The zero-order chi connectivity index (χ0) is 16.9. The van der Waals surface area contributed by atoms with E-state index in [-0.39, 0.29) is 25.4 Å². The van der Waals surface area contributed by atoms with Gasteiger partial charge in [-0.3, -0.25) is 9.59 Å². The van der Waals surface area contributed by atoms with Gasteiger partial charge >= 0.3 is 5.97 Å². The molecule has 1 N–H and O–H groups in total. The van der Waals surface area contributed by atoms with Crippen LogP contribution in [0.5, 0.6) is 5.75 Å². The third kappa shape index (κ3) is 8.95. The number of nitrogens with one attached hydrogen (secondary N) is 1. The van der Waals surface area contributed by atoms with E-state index in [1.165, 1.54) is 5.56 Å². The standard InChI is InChI=1S/C17H25NO5/c1-3-23-17(20)12-15(19)13-22-11-10-18-9-8-14-4-6-16(21-2)7-5-14/h4-7,18H,3,8-13H2,1-2H3. The van der Waals surface area contributed by atoms with Crippen molar-refractivity contribution in [3.8, 4) is 5.75 Å². The van der Waals surface area contributed by atoms with E-state index in [9.17, 15) is 9.59 Å². The summed E-state index contributed by atoms with van der Waals surface area (Å²) in [5.74, 6) is 0.0861. The van der Waals surface area contributed by atoms with Gasteiger partial charge < -0.3 is 19.5 Å². The highest BCUT2D eigenvalue weighted by atomic mass is 16.5. The molecule has 0 fully saturated rings. The van der Waals surface area contributed by atoms with E-state index in [1.807, 2.05) is 24.3 Å². The second-order valence-corrected chi connectivity index (χ2v) is 4.92. The maximum absolute atomic E-state index is 11.4. The Morgan fingerprint density at radius 3 is 2.52 bits per heavy atom. The zero-order valence-electron chi connectivity index (χ0n) is 13.8. The lowest BCUT2D eigenvalue weighted by Crippen LogP contribution is -2.24. The number of ether oxygens (including phenoxy) is 3. The Bertz CT molecular complexity index is 472. The first-order chi connectivity index (χ1) is 11.2. The molecule has 0 aliphatic rings. The van der Waals surface area contributed by atoms with Crippen LogP contribution < -0.4 is 10.1 Å². The lowest BCUT2D eigenvalue weighted by molar-refractivity contribution is -0.146. The van der Waals surface area contributed by atoms with Crippen LogP contribution in [0.2, 0.25) is 0 Å². The molecule has 0 aliphatic carbocycles. The molecule has 1 aromatic rings. The van der Waals surface area contributed by atoms with Crippen LogP contribution in [0.1, 0.15) is 18.9 Å². The first-order valence-electron chi connectivity index (χ1n) is 7.74. The van der Waals surface area contributed by atoms with Crippen LogP contribution in [0.15, 0.2) is 24.3 Å². The van der Waals surface area contributed by atoms with Crippen molar-refractivity contribution in [2.24, 2.45) is 0 Å². The van der Waals surface area contributed by atoms with Crippen LogP contribution in [0.25, 0.3) is 0 Å². The minimum atomic E-state index is -0.501. The summed E-state index contributed by atoms with van der Waals surface area (Å²) in [4.78, 5) is 22.5. The Kier molecular flexibility index (Phi) is 9.66. The fourth-order valence-corrected chi connectivity index (χ4v) is 1.90. The molecule has 128 valence electrons. The number of benzene rings is 1. The first-order valence-corrected chi connectivity index (χ1v) is 7.74. The molecule has 6 heteroatoms. The molecular formula is C17H25NO5. The molecule has 1 aromatic carbocycles. The third-order valence-corrected chi connectivity index (χ3v) is 3.08. The molecule has 6 nitrogen and oxygen atoms in total. The average molecular weight is 323 g/mol. The topological polar surface area (TPSA) is 73.9 Å². The fourth-order valence-electron chi connectivity index (χ4n) is 1.90. The second kappa shape index (κ2) is 11.6. The number of hydrogen-bond acceptors (Lipinski definition) is 6. The Balaban J connectivity index is 2.00. The van der Waals surface area contributed by atoms with Crippen molar-refractivity contribution in [2.75, 3.05) is 40.0 Å². The normalized spacial score (nSPS) is 10.3. The molecular weight excluding hydrogens is 298 g/mol. The van der Waals surface area contributed by atoms with Crippen LogP contribution in [0.3, 0.4) is 0 Å². The van der Waals surface area contributed by atoms with Crippen LogP contribution in [0.4, 0.5) is 0 Å². The van der Waals surface area contributed by atoms with Crippen LogP contribution in [0, 0.1) is 0 Å². The van der Waals surface area contributed by atoms with Gasteiger partial charge in [0.1, 0.15) is 18.8 Å². The van der Waals surface area contributed by atoms with Crippen molar-refractivity contribution in [1.29, 1.82) is 0 Å². The Morgan fingerprint density at radius 1 is 1.13 bits per heavy atom. The summed E-state index contributed by atoms with van der Waals surface area (Å²) in [6, 6.07) is 7.94. The van der Waals surface area contributed by atoms with Gasteiger partial charge in [-0.2, -0.15) is 0 Å². The summed E-state index contributed by atoms with van der Waals surface area (Å²) in [5, 5.41) is 3.24. The molecule has 0 bridgehead atoms. The molecule has 0 amide bonds. The van der Waals surface area contributed by atoms with Gasteiger partial charge in [0.15, 0.2) is 5.78 Å². The minimum absolute atomic E-state index is 0.0566. The lowest BCUT2D eigenvalue weighted by Gasteiger charge is -2.07. The highest BCUT2D eigenvalue weighted by molar-refractivity contribution is 5.96. The van der Waals surface area contributed by atoms with Crippen LogP contribution in [-0.4, -0.2) is 51.8 Å². The number of Topliss-reactive ketones (excluding diaryl/α,β-unsaturated/α-hetero) is 1. The summed E-state index contributed by atoms with van der Waals surface area (Å²) in [7, 11) is 1.65. The first kappa shape index (κ1) is 19.1. The zero-order valence-corrected chi connectivity index (χ0v) is 13.8. The van der Waals surface area contributed by atoms with Gasteiger partial charge in [0.2, 0.25) is 0 Å². The Morgan fingerprint density at radius 2 is 1.87 bits per heavy atom. The maximum atomic E-state index is 11.4. The maximum Gasteiger partial charge on any atom is 0.313 e. The molecule has 0 aromatic heterocycles. The Hall–Kier alpha value is -1.92. The number of hydrogen-bond donors (Lipinski definition) is 1. The smallest absolute Gasteiger partial charge is 0.313 e. The van der Waals surface area contributed by atoms with Gasteiger partial charge in [-0.1, -0.05) is 12.1 Å².